The average Bonchev–Trinajstić information content (AvgIpc) is 2.36. The van der Waals surface area contributed by atoms with Gasteiger partial charge in [-0.25, -0.2) is 4.79 Å². The van der Waals surface area contributed by atoms with Gasteiger partial charge in [-0.15, -0.1) is 0 Å². The van der Waals surface area contributed by atoms with Crippen LogP contribution in [-0.4, -0.2) is 17.8 Å². The minimum Gasteiger partial charge on any atom is -0.273 e. The normalized spacial score (nSPS) is 15.3. The molecule has 0 spiro atoms. The molecule has 2 N–H and O–H groups in total. The Labute approximate surface area is 124 Å². The number of halogens is 2. The average molecular weight is 311 g/mol. The Morgan fingerprint density at radius 1 is 0.950 bits per heavy atom. The Morgan fingerprint density at radius 2 is 1.60 bits per heavy atom. The molecule has 4 amide bonds. The summed E-state index contributed by atoms with van der Waals surface area (Å²) in [7, 11) is 0. The number of barbiturate groups is 1. The van der Waals surface area contributed by atoms with Gasteiger partial charge in [0.05, 0.1) is 10.0 Å². The largest absolute Gasteiger partial charge is 0.328 e. The number of benzene rings is 1. The van der Waals surface area contributed by atoms with Crippen LogP contribution in [0.1, 0.15) is 5.56 Å². The van der Waals surface area contributed by atoms with E-state index in [1.54, 1.807) is 24.3 Å². The van der Waals surface area contributed by atoms with E-state index in [0.29, 0.717) is 10.0 Å². The van der Waals surface area contributed by atoms with Crippen LogP contribution in [0.3, 0.4) is 0 Å². The first-order chi connectivity index (χ1) is 9.47. The smallest absolute Gasteiger partial charge is 0.273 e. The van der Waals surface area contributed by atoms with Crippen molar-refractivity contribution < 1.29 is 14.4 Å². The van der Waals surface area contributed by atoms with Gasteiger partial charge in [-0.2, -0.15) is 0 Å². The topological polar surface area (TPSA) is 75.3 Å². The van der Waals surface area contributed by atoms with E-state index in [0.717, 1.165) is 5.56 Å². The quantitative estimate of drug-likeness (QED) is 0.650. The summed E-state index contributed by atoms with van der Waals surface area (Å²) in [5.41, 5.74) is 0.602. The molecule has 0 unspecified atom stereocenters. The standard InChI is InChI=1S/C13H8Cl2N2O3/c14-9-5-4-7(6-10(9)15)2-1-3-8-11(18)16-13(20)17-12(8)19/h1-6H,(H2,16,17,18,19,20)/b2-1+. The van der Waals surface area contributed by atoms with Gasteiger partial charge in [0.15, 0.2) is 0 Å². The van der Waals surface area contributed by atoms with Gasteiger partial charge < -0.3 is 0 Å². The van der Waals surface area contributed by atoms with Crippen molar-refractivity contribution in [3.8, 4) is 0 Å². The molecule has 1 heterocycles. The molecule has 7 heteroatoms. The third-order valence-corrected chi connectivity index (χ3v) is 3.18. The first kappa shape index (κ1) is 14.3. The number of carbonyl (C=O) groups is 3. The lowest BCUT2D eigenvalue weighted by atomic mass is 10.1. The fourth-order valence-corrected chi connectivity index (χ4v) is 1.80. The van der Waals surface area contributed by atoms with E-state index in [4.69, 9.17) is 23.2 Å². The molecule has 5 nitrogen and oxygen atoms in total. The Morgan fingerprint density at radius 3 is 2.20 bits per heavy atom. The van der Waals surface area contributed by atoms with Crippen LogP contribution >= 0.6 is 23.2 Å². The Bertz CT molecular complexity index is 644. The lowest BCUT2D eigenvalue weighted by Gasteiger charge is -2.12. The molecular formula is C13H8Cl2N2O3. The van der Waals surface area contributed by atoms with Gasteiger partial charge in [0, 0.05) is 0 Å². The van der Waals surface area contributed by atoms with Crippen molar-refractivity contribution in [3.63, 3.8) is 0 Å². The highest BCUT2D eigenvalue weighted by molar-refractivity contribution is 6.42. The molecule has 1 aromatic carbocycles. The Kier molecular flexibility index (Phi) is 4.22. The summed E-state index contributed by atoms with van der Waals surface area (Å²) in [5.74, 6) is -1.48. The molecule has 0 aliphatic carbocycles. The van der Waals surface area contributed by atoms with Crippen LogP contribution in [0.25, 0.3) is 6.08 Å². The lowest BCUT2D eigenvalue weighted by molar-refractivity contribution is -0.124. The molecule has 0 radical (unpaired) electrons. The number of rotatable bonds is 2. The predicted octanol–water partition coefficient (Wildman–Crippen LogP) is 2.30. The van der Waals surface area contributed by atoms with Gasteiger partial charge in [-0.3, -0.25) is 20.2 Å². The monoisotopic (exact) mass is 310 g/mol. The minimum atomic E-state index is -0.828. The van der Waals surface area contributed by atoms with Crippen LogP contribution < -0.4 is 10.6 Å². The van der Waals surface area contributed by atoms with Gasteiger partial charge >= 0.3 is 6.03 Å². The van der Waals surface area contributed by atoms with Crippen LogP contribution in [0.2, 0.25) is 10.0 Å². The number of nitrogens with one attached hydrogen (secondary N) is 2. The van der Waals surface area contributed by atoms with E-state index in [1.165, 1.54) is 12.2 Å². The summed E-state index contributed by atoms with van der Waals surface area (Å²) in [6, 6.07) is 4.18. The second kappa shape index (κ2) is 5.90. The van der Waals surface area contributed by atoms with Crippen molar-refractivity contribution in [3.05, 3.63) is 51.5 Å². The summed E-state index contributed by atoms with van der Waals surface area (Å²) in [4.78, 5) is 33.7. The molecule has 1 aliphatic heterocycles. The number of carbonyl (C=O) groups excluding carboxylic acids is 3. The van der Waals surface area contributed by atoms with E-state index in [1.807, 2.05) is 10.6 Å². The first-order valence-electron chi connectivity index (χ1n) is 5.47. The van der Waals surface area contributed by atoms with Crippen molar-refractivity contribution in [1.82, 2.24) is 10.6 Å². The van der Waals surface area contributed by atoms with E-state index < -0.39 is 17.8 Å². The number of allylic oxidation sites excluding steroid dienone is 2. The number of amides is 4. The van der Waals surface area contributed by atoms with Crippen molar-refractivity contribution in [1.29, 1.82) is 0 Å². The van der Waals surface area contributed by atoms with Gasteiger partial charge in [-0.1, -0.05) is 41.4 Å². The maximum absolute atomic E-state index is 11.4. The highest BCUT2D eigenvalue weighted by Crippen LogP contribution is 2.23. The number of hydrogen-bond donors (Lipinski definition) is 2. The zero-order valence-electron chi connectivity index (χ0n) is 9.94. The van der Waals surface area contributed by atoms with E-state index >= 15 is 0 Å². The van der Waals surface area contributed by atoms with Gasteiger partial charge in [0.1, 0.15) is 5.57 Å². The zero-order valence-corrected chi connectivity index (χ0v) is 11.5. The summed E-state index contributed by atoms with van der Waals surface area (Å²) in [6.45, 7) is 0. The second-order valence-electron chi connectivity index (χ2n) is 3.85. The zero-order chi connectivity index (χ0) is 14.7. The number of hydrogen-bond acceptors (Lipinski definition) is 3. The molecule has 0 aromatic heterocycles. The van der Waals surface area contributed by atoms with Crippen LogP contribution in [-0.2, 0) is 9.59 Å². The predicted molar refractivity (Wildman–Crippen MR) is 75.3 cm³/mol. The van der Waals surface area contributed by atoms with Crippen molar-refractivity contribution >= 4 is 47.1 Å². The molecule has 1 aliphatic rings. The summed E-state index contributed by atoms with van der Waals surface area (Å²) in [5, 5.41) is 4.79. The third-order valence-electron chi connectivity index (χ3n) is 2.44. The lowest BCUT2D eigenvalue weighted by Crippen LogP contribution is -2.51. The molecule has 102 valence electrons. The summed E-state index contributed by atoms with van der Waals surface area (Å²) in [6.07, 6.45) is 4.45. The van der Waals surface area contributed by atoms with Gasteiger partial charge in [0.25, 0.3) is 11.8 Å². The molecule has 1 saturated heterocycles. The Hall–Kier alpha value is -2.11. The SMILES string of the molecule is O=C1NC(=O)C(=C/C=C/c2ccc(Cl)c(Cl)c2)C(=O)N1. The van der Waals surface area contributed by atoms with E-state index in [2.05, 4.69) is 0 Å². The van der Waals surface area contributed by atoms with Gasteiger partial charge in [0.2, 0.25) is 0 Å². The van der Waals surface area contributed by atoms with Crippen LogP contribution in [0.15, 0.2) is 35.9 Å². The molecule has 1 fully saturated rings. The van der Waals surface area contributed by atoms with E-state index in [9.17, 15) is 14.4 Å². The fraction of sp³-hybridized carbons (Fsp3) is 0. The number of imide groups is 2. The molecule has 0 saturated carbocycles. The minimum absolute atomic E-state index is 0.152. The third kappa shape index (κ3) is 3.26. The number of urea groups is 1. The molecule has 0 atom stereocenters. The maximum atomic E-state index is 11.4. The summed E-state index contributed by atoms with van der Waals surface area (Å²) >= 11 is 11.6. The second-order valence-corrected chi connectivity index (χ2v) is 4.66. The molecule has 20 heavy (non-hydrogen) atoms. The van der Waals surface area contributed by atoms with Crippen molar-refractivity contribution in [2.24, 2.45) is 0 Å². The van der Waals surface area contributed by atoms with Crippen LogP contribution in [0.5, 0.6) is 0 Å². The first-order valence-corrected chi connectivity index (χ1v) is 6.23. The highest BCUT2D eigenvalue weighted by atomic mass is 35.5. The molecule has 2 rings (SSSR count). The molecular weight excluding hydrogens is 303 g/mol. The van der Waals surface area contributed by atoms with E-state index in [-0.39, 0.29) is 5.57 Å². The van der Waals surface area contributed by atoms with Crippen LogP contribution in [0, 0.1) is 0 Å². The maximum Gasteiger partial charge on any atom is 0.328 e. The highest BCUT2D eigenvalue weighted by Gasteiger charge is 2.26. The van der Waals surface area contributed by atoms with Crippen molar-refractivity contribution in [2.45, 2.75) is 0 Å². The van der Waals surface area contributed by atoms with Gasteiger partial charge in [-0.05, 0) is 23.8 Å². The molecule has 1 aromatic rings. The summed E-state index contributed by atoms with van der Waals surface area (Å²) < 4.78 is 0. The van der Waals surface area contributed by atoms with Crippen molar-refractivity contribution in [2.75, 3.05) is 0 Å². The molecule has 0 bridgehead atoms. The fourth-order valence-electron chi connectivity index (χ4n) is 1.50. The van der Waals surface area contributed by atoms with Crippen LogP contribution in [0.4, 0.5) is 4.79 Å². The Balaban J connectivity index is 2.17.